The first kappa shape index (κ1) is 25.8. The number of fused-ring (bicyclic) bond motifs is 2. The number of pyridine rings is 1. The van der Waals surface area contributed by atoms with E-state index in [0.29, 0.717) is 29.3 Å². The Hall–Kier alpha value is -1.87. The van der Waals surface area contributed by atoms with Crippen LogP contribution in [0, 0.1) is 11.3 Å². The van der Waals surface area contributed by atoms with E-state index in [9.17, 15) is 13.2 Å². The molecule has 0 amide bonds. The van der Waals surface area contributed by atoms with Crippen LogP contribution >= 0.6 is 0 Å². The number of alkyl halides is 3. The van der Waals surface area contributed by atoms with Gasteiger partial charge in [0.1, 0.15) is 5.82 Å². The smallest absolute Gasteiger partial charge is 0.370 e. The third-order valence-corrected chi connectivity index (χ3v) is 9.21. The number of aromatic nitrogens is 1. The van der Waals surface area contributed by atoms with Crippen LogP contribution in [0.2, 0.25) is 0 Å². The summed E-state index contributed by atoms with van der Waals surface area (Å²) in [4.78, 5) is 9.51. The first-order valence-electron chi connectivity index (χ1n) is 13.7. The number of piperazine rings is 1. The van der Waals surface area contributed by atoms with E-state index in [1.807, 2.05) is 0 Å². The van der Waals surface area contributed by atoms with Gasteiger partial charge in [-0.15, -0.1) is 0 Å². The van der Waals surface area contributed by atoms with Crippen molar-refractivity contribution in [1.82, 2.24) is 19.8 Å². The molecule has 1 aromatic rings. The fourth-order valence-corrected chi connectivity index (χ4v) is 7.03. The van der Waals surface area contributed by atoms with E-state index in [2.05, 4.69) is 39.0 Å². The molecule has 4 fully saturated rings. The topological polar surface area (TPSA) is 47.0 Å². The molecule has 2 aliphatic heterocycles. The lowest BCUT2D eigenvalue weighted by Crippen LogP contribution is -2.70. The summed E-state index contributed by atoms with van der Waals surface area (Å²) in [7, 11) is 0. The van der Waals surface area contributed by atoms with E-state index in [1.54, 1.807) is 13.8 Å². The van der Waals surface area contributed by atoms with Crippen molar-refractivity contribution < 1.29 is 13.2 Å². The molecule has 4 atom stereocenters. The minimum atomic E-state index is -4.47. The zero-order valence-corrected chi connectivity index (χ0v) is 22.1. The third-order valence-electron chi connectivity index (χ3n) is 9.21. The maximum absolute atomic E-state index is 13.7. The summed E-state index contributed by atoms with van der Waals surface area (Å²) in [6.07, 6.45) is 3.45. The molecule has 2 saturated heterocycles. The Morgan fingerprint density at radius 2 is 2.03 bits per heavy atom. The molecular formula is C27H41F3N6. The van der Waals surface area contributed by atoms with Crippen molar-refractivity contribution in [3.05, 3.63) is 23.4 Å². The van der Waals surface area contributed by atoms with Gasteiger partial charge in [-0.2, -0.15) is 18.3 Å². The molecule has 0 aromatic carbocycles. The van der Waals surface area contributed by atoms with Crippen LogP contribution in [0.5, 0.6) is 0 Å². The van der Waals surface area contributed by atoms with Gasteiger partial charge in [0.25, 0.3) is 0 Å². The molecule has 2 saturated carbocycles. The summed E-state index contributed by atoms with van der Waals surface area (Å²) in [6, 6.07) is 2.79. The number of nitrogens with one attached hydrogen (secondary N) is 1. The molecule has 0 bridgehead atoms. The number of rotatable bonds is 8. The van der Waals surface area contributed by atoms with Gasteiger partial charge in [-0.05, 0) is 83.7 Å². The van der Waals surface area contributed by atoms with Crippen molar-refractivity contribution in [1.29, 1.82) is 0 Å². The highest BCUT2D eigenvalue weighted by Crippen LogP contribution is 2.63. The molecule has 5 rings (SSSR count). The molecule has 4 aliphatic rings. The maximum Gasteiger partial charge on any atom is 0.419 e. The minimum absolute atomic E-state index is 0.127. The second kappa shape index (κ2) is 9.78. The van der Waals surface area contributed by atoms with Crippen molar-refractivity contribution >= 4 is 11.5 Å². The number of halogens is 3. The SMILES string of the molecule is CCNc1ncc(C(C)=NN(CC23CCC2C(N2CCN4CCCC4C2)C3)C(C)C)cc1C(F)(F)F. The van der Waals surface area contributed by atoms with Crippen molar-refractivity contribution in [3.8, 4) is 0 Å². The van der Waals surface area contributed by atoms with Crippen molar-refractivity contribution in [2.24, 2.45) is 16.4 Å². The van der Waals surface area contributed by atoms with E-state index in [-0.39, 0.29) is 11.9 Å². The molecule has 36 heavy (non-hydrogen) atoms. The molecule has 1 aromatic heterocycles. The quantitative estimate of drug-likeness (QED) is 0.401. The van der Waals surface area contributed by atoms with Crippen LogP contribution < -0.4 is 5.32 Å². The Balaban J connectivity index is 1.28. The first-order chi connectivity index (χ1) is 17.1. The van der Waals surface area contributed by atoms with Gasteiger partial charge < -0.3 is 5.32 Å². The van der Waals surface area contributed by atoms with Crippen molar-refractivity contribution in [2.45, 2.75) is 84.1 Å². The zero-order valence-electron chi connectivity index (χ0n) is 22.1. The third kappa shape index (κ3) is 4.73. The molecule has 200 valence electrons. The fourth-order valence-electron chi connectivity index (χ4n) is 7.03. The van der Waals surface area contributed by atoms with Gasteiger partial charge in [0.05, 0.1) is 11.3 Å². The number of hydrogen-bond donors (Lipinski definition) is 1. The Bertz CT molecular complexity index is 979. The lowest BCUT2D eigenvalue weighted by atomic mass is 9.44. The van der Waals surface area contributed by atoms with Crippen LogP contribution in [0.4, 0.5) is 19.0 Å². The van der Waals surface area contributed by atoms with Gasteiger partial charge in [-0.25, -0.2) is 4.98 Å². The Morgan fingerprint density at radius 1 is 1.25 bits per heavy atom. The maximum atomic E-state index is 13.7. The van der Waals surface area contributed by atoms with Crippen molar-refractivity contribution in [2.75, 3.05) is 44.6 Å². The van der Waals surface area contributed by atoms with Gasteiger partial charge in [0.2, 0.25) is 0 Å². The highest BCUT2D eigenvalue weighted by atomic mass is 19.4. The van der Waals surface area contributed by atoms with Crippen LogP contribution in [0.3, 0.4) is 0 Å². The van der Waals surface area contributed by atoms with Crippen LogP contribution in [0.1, 0.15) is 70.9 Å². The Morgan fingerprint density at radius 3 is 2.67 bits per heavy atom. The average Bonchev–Trinajstić information content (AvgIpc) is 3.29. The van der Waals surface area contributed by atoms with E-state index >= 15 is 0 Å². The largest absolute Gasteiger partial charge is 0.419 e. The monoisotopic (exact) mass is 506 g/mol. The molecule has 9 heteroatoms. The van der Waals surface area contributed by atoms with Crippen molar-refractivity contribution in [3.63, 3.8) is 0 Å². The number of hydrazone groups is 1. The summed E-state index contributed by atoms with van der Waals surface area (Å²) in [6.45, 7) is 13.9. The molecule has 2 aliphatic carbocycles. The Labute approximate surface area is 213 Å². The molecule has 6 nitrogen and oxygen atoms in total. The average molecular weight is 507 g/mol. The molecular weight excluding hydrogens is 465 g/mol. The van der Waals surface area contributed by atoms with Gasteiger partial charge in [-0.1, -0.05) is 0 Å². The lowest BCUT2D eigenvalue weighted by Gasteiger charge is -2.67. The fraction of sp³-hybridized carbons (Fsp3) is 0.778. The van der Waals surface area contributed by atoms with Crippen LogP contribution in [0.25, 0.3) is 0 Å². The van der Waals surface area contributed by atoms with Gasteiger partial charge in [0, 0.05) is 62.6 Å². The van der Waals surface area contributed by atoms with E-state index in [4.69, 9.17) is 5.10 Å². The van der Waals surface area contributed by atoms with Crippen LogP contribution in [-0.2, 0) is 6.18 Å². The molecule has 0 radical (unpaired) electrons. The number of hydrogen-bond acceptors (Lipinski definition) is 6. The first-order valence-corrected chi connectivity index (χ1v) is 13.7. The van der Waals surface area contributed by atoms with Gasteiger partial charge in [-0.3, -0.25) is 14.8 Å². The normalized spacial score (nSPS) is 31.0. The number of nitrogens with zero attached hydrogens (tertiary/aromatic N) is 5. The lowest BCUT2D eigenvalue weighted by molar-refractivity contribution is -0.173. The van der Waals surface area contributed by atoms with Gasteiger partial charge in [0.15, 0.2) is 0 Å². The second-order valence-corrected chi connectivity index (χ2v) is 11.6. The molecule has 1 N–H and O–H groups in total. The zero-order chi connectivity index (χ0) is 25.7. The highest BCUT2D eigenvalue weighted by Gasteiger charge is 2.62. The summed E-state index contributed by atoms with van der Waals surface area (Å²) < 4.78 is 41.0. The van der Waals surface area contributed by atoms with E-state index in [0.717, 1.165) is 18.5 Å². The highest BCUT2D eigenvalue weighted by molar-refractivity contribution is 5.98. The Kier molecular flexibility index (Phi) is 7.00. The van der Waals surface area contributed by atoms with Gasteiger partial charge >= 0.3 is 6.18 Å². The standard InChI is InChI=1S/C27H41F3N6/c1-5-31-25-23(27(28,29)30)13-20(15-32-25)19(4)33-36(18(2)3)17-26-9-8-22(26)24(14-26)35-12-11-34-10-6-7-21(34)16-35/h13,15,18,21-22,24H,5-12,14,16-17H2,1-4H3,(H,31,32). The minimum Gasteiger partial charge on any atom is -0.370 e. The van der Waals surface area contributed by atoms with E-state index in [1.165, 1.54) is 70.5 Å². The summed E-state index contributed by atoms with van der Waals surface area (Å²) in [5.74, 6) is 0.595. The van der Waals surface area contributed by atoms with Crippen LogP contribution in [-0.4, -0.2) is 82.9 Å². The predicted octanol–water partition coefficient (Wildman–Crippen LogP) is 4.92. The predicted molar refractivity (Wildman–Crippen MR) is 137 cm³/mol. The summed E-state index contributed by atoms with van der Waals surface area (Å²) in [5.41, 5.74) is 0.549. The summed E-state index contributed by atoms with van der Waals surface area (Å²) in [5, 5.41) is 9.69. The second-order valence-electron chi connectivity index (χ2n) is 11.6. The van der Waals surface area contributed by atoms with Crippen LogP contribution in [0.15, 0.2) is 17.4 Å². The molecule has 0 spiro atoms. The summed E-state index contributed by atoms with van der Waals surface area (Å²) >= 11 is 0. The molecule has 3 heterocycles. The molecule has 4 unspecified atom stereocenters. The van der Waals surface area contributed by atoms with E-state index < -0.39 is 11.7 Å². The number of anilines is 1.